The van der Waals surface area contributed by atoms with Gasteiger partial charge in [-0.3, -0.25) is 19.3 Å². The molecule has 180 valence electrons. The highest BCUT2D eigenvalue weighted by Gasteiger charge is 2.65. The first-order valence-electron chi connectivity index (χ1n) is 12.5. The molecule has 4 rings (SSSR count). The first-order chi connectivity index (χ1) is 16.2. The van der Waals surface area contributed by atoms with Gasteiger partial charge >= 0.3 is 0 Å². The highest BCUT2D eigenvalue weighted by atomic mass is 16.2. The Labute approximate surface area is 202 Å². The van der Waals surface area contributed by atoms with Gasteiger partial charge in [-0.25, -0.2) is 0 Å². The number of imide groups is 1. The lowest BCUT2D eigenvalue weighted by atomic mass is 9.62. The summed E-state index contributed by atoms with van der Waals surface area (Å²) < 4.78 is 0. The second-order valence-electron chi connectivity index (χ2n) is 10.5. The monoisotopic (exact) mass is 460 g/mol. The number of hydrogen-bond acceptors (Lipinski definition) is 3. The summed E-state index contributed by atoms with van der Waals surface area (Å²) in [6, 6.07) is 14.8. The molecule has 1 saturated carbocycles. The van der Waals surface area contributed by atoms with Gasteiger partial charge < -0.3 is 5.32 Å². The number of piperidine rings is 1. The summed E-state index contributed by atoms with van der Waals surface area (Å²) in [5.74, 6) is -0.980. The number of para-hydroxylation sites is 1. The quantitative estimate of drug-likeness (QED) is 0.580. The van der Waals surface area contributed by atoms with Crippen LogP contribution in [0.15, 0.2) is 48.5 Å². The van der Waals surface area contributed by atoms with Crippen LogP contribution in [0.1, 0.15) is 64.2 Å². The molecule has 0 aromatic heterocycles. The van der Waals surface area contributed by atoms with E-state index in [4.69, 9.17) is 0 Å². The van der Waals surface area contributed by atoms with Crippen LogP contribution in [-0.2, 0) is 33.6 Å². The molecule has 34 heavy (non-hydrogen) atoms. The number of anilines is 1. The largest absolute Gasteiger partial charge is 0.324 e. The molecule has 1 aliphatic heterocycles. The van der Waals surface area contributed by atoms with Gasteiger partial charge in [0.2, 0.25) is 17.7 Å². The molecule has 5 heteroatoms. The second kappa shape index (κ2) is 9.01. The molecule has 1 aliphatic carbocycles. The lowest BCUT2D eigenvalue weighted by Gasteiger charge is -2.49. The van der Waals surface area contributed by atoms with Crippen molar-refractivity contribution in [2.45, 2.75) is 72.8 Å². The third-order valence-electron chi connectivity index (χ3n) is 8.59. The van der Waals surface area contributed by atoms with Crippen molar-refractivity contribution in [3.05, 3.63) is 65.2 Å². The summed E-state index contributed by atoms with van der Waals surface area (Å²) in [4.78, 5) is 42.8. The minimum atomic E-state index is -0.895. The van der Waals surface area contributed by atoms with Crippen molar-refractivity contribution >= 4 is 23.4 Å². The number of carbonyl (C=O) groups excluding carboxylic acids is 3. The molecule has 0 spiro atoms. The van der Waals surface area contributed by atoms with E-state index in [0.717, 1.165) is 35.2 Å². The van der Waals surface area contributed by atoms with E-state index in [1.54, 1.807) is 0 Å². The van der Waals surface area contributed by atoms with E-state index in [1.807, 2.05) is 69.3 Å². The zero-order chi connectivity index (χ0) is 24.7. The molecule has 2 bridgehead atoms. The van der Waals surface area contributed by atoms with Crippen LogP contribution in [-0.4, -0.2) is 28.7 Å². The predicted molar refractivity (Wildman–Crippen MR) is 134 cm³/mol. The van der Waals surface area contributed by atoms with Crippen LogP contribution in [0.3, 0.4) is 0 Å². The van der Waals surface area contributed by atoms with E-state index in [1.165, 1.54) is 4.90 Å². The van der Waals surface area contributed by atoms with Crippen LogP contribution >= 0.6 is 0 Å². The van der Waals surface area contributed by atoms with Crippen molar-refractivity contribution < 1.29 is 14.4 Å². The lowest BCUT2D eigenvalue weighted by Crippen LogP contribution is -2.64. The summed E-state index contributed by atoms with van der Waals surface area (Å²) in [5, 5.41) is 3.14. The standard InChI is InChI=1S/C29H36N2O3/c1-6-20-14-11-15-21(7-2)24(20)30-25(32)23(18-19-12-9-8-10-13-19)31-26(33)22-16-17-29(5,27(31)34)28(22,3)4/h8-15,22-23H,6-7,16-18H2,1-5H3,(H,30,32). The minimum Gasteiger partial charge on any atom is -0.324 e. The summed E-state index contributed by atoms with van der Waals surface area (Å²) in [6.45, 7) is 10.1. The van der Waals surface area contributed by atoms with Gasteiger partial charge in [-0.15, -0.1) is 0 Å². The summed E-state index contributed by atoms with van der Waals surface area (Å²) in [5.41, 5.74) is 2.75. The van der Waals surface area contributed by atoms with Crippen LogP contribution in [0, 0.1) is 16.7 Å². The maximum Gasteiger partial charge on any atom is 0.248 e. The Morgan fingerprint density at radius 3 is 2.21 bits per heavy atom. The molecule has 3 amide bonds. The van der Waals surface area contributed by atoms with Gasteiger partial charge in [0.05, 0.1) is 5.41 Å². The zero-order valence-electron chi connectivity index (χ0n) is 21.0. The molecule has 2 fully saturated rings. The number of aryl methyl sites for hydroxylation is 2. The summed E-state index contributed by atoms with van der Waals surface area (Å²) >= 11 is 0. The van der Waals surface area contributed by atoms with Crippen LogP contribution < -0.4 is 5.32 Å². The number of fused-ring (bicyclic) bond motifs is 2. The molecular weight excluding hydrogens is 424 g/mol. The molecule has 0 radical (unpaired) electrons. The SMILES string of the molecule is CCc1cccc(CC)c1NC(=O)C(Cc1ccccc1)N1C(=O)C2CCC(C)(C1=O)C2(C)C. The Morgan fingerprint density at radius 2 is 1.62 bits per heavy atom. The fraction of sp³-hybridized carbons (Fsp3) is 0.483. The van der Waals surface area contributed by atoms with Gasteiger partial charge in [-0.05, 0) is 47.8 Å². The van der Waals surface area contributed by atoms with E-state index in [9.17, 15) is 14.4 Å². The first kappa shape index (κ1) is 24.2. The predicted octanol–water partition coefficient (Wildman–Crippen LogP) is 5.17. The number of carbonyl (C=O) groups is 3. The Bertz CT molecular complexity index is 1090. The number of nitrogens with zero attached hydrogens (tertiary/aromatic N) is 1. The van der Waals surface area contributed by atoms with Gasteiger partial charge in [0.25, 0.3) is 0 Å². The van der Waals surface area contributed by atoms with Crippen molar-refractivity contribution in [1.82, 2.24) is 4.90 Å². The number of rotatable bonds is 7. The van der Waals surface area contributed by atoms with Crippen molar-refractivity contribution in [2.24, 2.45) is 16.7 Å². The van der Waals surface area contributed by atoms with E-state index in [-0.39, 0.29) is 23.6 Å². The van der Waals surface area contributed by atoms with Crippen molar-refractivity contribution in [3.63, 3.8) is 0 Å². The maximum absolute atomic E-state index is 13.9. The van der Waals surface area contributed by atoms with Crippen LogP contribution in [0.5, 0.6) is 0 Å². The van der Waals surface area contributed by atoms with E-state index in [0.29, 0.717) is 19.3 Å². The number of amides is 3. The fourth-order valence-corrected chi connectivity index (χ4v) is 5.89. The van der Waals surface area contributed by atoms with Crippen molar-refractivity contribution in [2.75, 3.05) is 5.32 Å². The summed E-state index contributed by atoms with van der Waals surface area (Å²) in [6.07, 6.45) is 3.21. The zero-order valence-corrected chi connectivity index (χ0v) is 21.0. The summed E-state index contributed by atoms with van der Waals surface area (Å²) in [7, 11) is 0. The Kier molecular flexibility index (Phi) is 6.41. The van der Waals surface area contributed by atoms with Crippen LogP contribution in [0.2, 0.25) is 0 Å². The fourth-order valence-electron chi connectivity index (χ4n) is 5.89. The van der Waals surface area contributed by atoms with Crippen LogP contribution in [0.25, 0.3) is 0 Å². The molecule has 5 nitrogen and oxygen atoms in total. The number of hydrogen-bond donors (Lipinski definition) is 1. The van der Waals surface area contributed by atoms with E-state index >= 15 is 0 Å². The highest BCUT2D eigenvalue weighted by molar-refractivity contribution is 6.09. The van der Waals surface area contributed by atoms with Crippen molar-refractivity contribution in [1.29, 1.82) is 0 Å². The molecule has 2 aliphatic rings. The first-order valence-corrected chi connectivity index (χ1v) is 12.5. The maximum atomic E-state index is 13.9. The molecule has 3 atom stereocenters. The van der Waals surface area contributed by atoms with E-state index < -0.39 is 16.9 Å². The minimum absolute atomic E-state index is 0.208. The van der Waals surface area contributed by atoms with Gasteiger partial charge in [0.15, 0.2) is 0 Å². The average Bonchev–Trinajstić information content (AvgIpc) is 3.01. The lowest BCUT2D eigenvalue weighted by molar-refractivity contribution is -0.172. The van der Waals surface area contributed by atoms with Crippen LogP contribution in [0.4, 0.5) is 5.69 Å². The number of benzene rings is 2. The topological polar surface area (TPSA) is 66.5 Å². The molecule has 1 heterocycles. The molecule has 1 saturated heterocycles. The van der Waals surface area contributed by atoms with Gasteiger partial charge in [0.1, 0.15) is 6.04 Å². The molecule has 3 unspecified atom stereocenters. The second-order valence-corrected chi connectivity index (χ2v) is 10.5. The molecule has 1 N–H and O–H groups in total. The molecule has 2 aromatic rings. The normalized spacial score (nSPS) is 24.3. The van der Waals surface area contributed by atoms with Gasteiger partial charge in [0, 0.05) is 18.0 Å². The number of nitrogens with one attached hydrogen (secondary N) is 1. The average molecular weight is 461 g/mol. The third-order valence-corrected chi connectivity index (χ3v) is 8.59. The number of likely N-dealkylation sites (tertiary alicyclic amines) is 1. The van der Waals surface area contributed by atoms with Gasteiger partial charge in [-0.1, -0.05) is 83.1 Å². The Morgan fingerprint density at radius 1 is 1.00 bits per heavy atom. The smallest absolute Gasteiger partial charge is 0.248 e. The van der Waals surface area contributed by atoms with Gasteiger partial charge in [-0.2, -0.15) is 0 Å². The Hall–Kier alpha value is -2.95. The molecule has 2 aromatic carbocycles. The molecular formula is C29H36N2O3. The third kappa shape index (κ3) is 3.75. The highest BCUT2D eigenvalue weighted by Crippen LogP contribution is 2.60. The van der Waals surface area contributed by atoms with Crippen molar-refractivity contribution in [3.8, 4) is 0 Å². The Balaban J connectivity index is 1.75. The van der Waals surface area contributed by atoms with E-state index in [2.05, 4.69) is 19.2 Å².